The van der Waals surface area contributed by atoms with E-state index in [0.29, 0.717) is 66.3 Å². The number of aryl methyl sites for hydroxylation is 1. The molecule has 2 heterocycles. The van der Waals surface area contributed by atoms with Gasteiger partial charge in [0, 0.05) is 56.5 Å². The molecule has 0 atom stereocenters. The van der Waals surface area contributed by atoms with Crippen molar-refractivity contribution in [1.29, 1.82) is 5.26 Å². The van der Waals surface area contributed by atoms with Crippen LogP contribution in [-0.4, -0.2) is 57.4 Å². The van der Waals surface area contributed by atoms with Gasteiger partial charge in [-0.2, -0.15) is 5.26 Å². The number of pyridine rings is 1. The fraction of sp³-hybridized carbons (Fsp3) is 0.370. The molecular formula is C27H35N7O3. The number of carbonyl (C=O) groups is 2. The minimum Gasteiger partial charge on any atom is -0.404 e. The normalized spacial score (nSPS) is 14.8. The van der Waals surface area contributed by atoms with Gasteiger partial charge in [0.2, 0.25) is 0 Å². The third-order valence-corrected chi connectivity index (χ3v) is 5.52. The standard InChI is InChI=1S/C27H35N7O3/c1-5-6-8-21(15-28)24(31-10-12-37-4)13-19(2)32-27(36)34-11-7-9-20-14-23(22(16-29)17-30-3)25(18-35)33-26(20)34/h6,8,13-14,16-18,31H,5,7,9-12,29H2,1-4H3,(H,32,36)/b8-6+,19-13+,22-16?,24-21-,30-17?. The van der Waals surface area contributed by atoms with Crippen LogP contribution in [0.15, 0.2) is 52.5 Å². The molecule has 0 saturated carbocycles. The number of nitrogens with zero attached hydrogens (tertiary/aromatic N) is 4. The summed E-state index contributed by atoms with van der Waals surface area (Å²) in [6.07, 6.45) is 11.2. The van der Waals surface area contributed by atoms with Crippen LogP contribution in [0.2, 0.25) is 0 Å². The highest BCUT2D eigenvalue weighted by molar-refractivity contribution is 6.12. The lowest BCUT2D eigenvalue weighted by molar-refractivity contribution is 0.111. The Bertz CT molecular complexity index is 1170. The SMILES string of the molecule is CC/C=C/C(C#N)=C(\C=C(/C)NC(=O)N1CCCc2cc(C(C=NC)=CN)c(C=O)nc21)NCCOC. The number of aldehydes is 1. The summed E-state index contributed by atoms with van der Waals surface area (Å²) in [7, 11) is 3.22. The van der Waals surface area contributed by atoms with Gasteiger partial charge in [-0.25, -0.2) is 9.78 Å². The van der Waals surface area contributed by atoms with Crippen molar-refractivity contribution in [2.24, 2.45) is 10.7 Å². The summed E-state index contributed by atoms with van der Waals surface area (Å²) in [6, 6.07) is 3.66. The van der Waals surface area contributed by atoms with Crippen molar-refractivity contribution >= 4 is 29.9 Å². The van der Waals surface area contributed by atoms with Gasteiger partial charge in [0.25, 0.3) is 0 Å². The number of carbonyl (C=O) groups excluding carboxylic acids is 2. The van der Waals surface area contributed by atoms with E-state index >= 15 is 0 Å². The van der Waals surface area contributed by atoms with Crippen LogP contribution in [0.1, 0.15) is 48.3 Å². The molecule has 0 saturated heterocycles. The third kappa shape index (κ3) is 7.88. The zero-order chi connectivity index (χ0) is 27.2. The van der Waals surface area contributed by atoms with Crippen molar-refractivity contribution in [3.05, 3.63) is 64.3 Å². The van der Waals surface area contributed by atoms with Gasteiger partial charge in [0.05, 0.1) is 17.9 Å². The van der Waals surface area contributed by atoms with Gasteiger partial charge in [0.1, 0.15) is 17.6 Å². The molecule has 2 amide bonds. The van der Waals surface area contributed by atoms with Crippen LogP contribution in [0.25, 0.3) is 5.57 Å². The first-order chi connectivity index (χ1) is 17.9. The molecule has 0 bridgehead atoms. The van der Waals surface area contributed by atoms with Gasteiger partial charge >= 0.3 is 6.03 Å². The van der Waals surface area contributed by atoms with E-state index in [9.17, 15) is 14.9 Å². The molecule has 0 fully saturated rings. The van der Waals surface area contributed by atoms with E-state index in [1.54, 1.807) is 39.4 Å². The zero-order valence-electron chi connectivity index (χ0n) is 21.9. The fourth-order valence-corrected chi connectivity index (χ4v) is 3.79. The number of aliphatic imine (C=N–C) groups is 1. The van der Waals surface area contributed by atoms with Gasteiger partial charge in [-0.3, -0.25) is 14.7 Å². The third-order valence-electron chi connectivity index (χ3n) is 5.52. The van der Waals surface area contributed by atoms with Crippen LogP contribution < -0.4 is 21.3 Å². The van der Waals surface area contributed by atoms with Crippen molar-refractivity contribution in [2.75, 3.05) is 38.8 Å². The molecule has 0 aliphatic carbocycles. The van der Waals surface area contributed by atoms with Gasteiger partial charge in [-0.1, -0.05) is 13.0 Å². The monoisotopic (exact) mass is 505 g/mol. The largest absolute Gasteiger partial charge is 0.404 e. The predicted octanol–water partition coefficient (Wildman–Crippen LogP) is 3.24. The molecule has 0 aromatic carbocycles. The molecule has 37 heavy (non-hydrogen) atoms. The van der Waals surface area contributed by atoms with Gasteiger partial charge < -0.3 is 21.1 Å². The van der Waals surface area contributed by atoms with E-state index in [0.717, 1.165) is 18.4 Å². The summed E-state index contributed by atoms with van der Waals surface area (Å²) in [5.41, 5.74) is 9.46. The zero-order valence-corrected chi connectivity index (χ0v) is 21.9. The Kier molecular flexibility index (Phi) is 11.8. The number of allylic oxidation sites excluding steroid dienone is 6. The molecule has 0 spiro atoms. The number of hydrogen-bond donors (Lipinski definition) is 3. The molecule has 1 aromatic rings. The van der Waals surface area contributed by atoms with E-state index in [1.807, 2.05) is 19.1 Å². The number of methoxy groups -OCH3 is 1. The van der Waals surface area contributed by atoms with Gasteiger partial charge in [-0.15, -0.1) is 0 Å². The lowest BCUT2D eigenvalue weighted by Crippen LogP contribution is -2.43. The summed E-state index contributed by atoms with van der Waals surface area (Å²) in [6.45, 7) is 5.14. The molecule has 1 aliphatic heterocycles. The predicted molar refractivity (Wildman–Crippen MR) is 146 cm³/mol. The van der Waals surface area contributed by atoms with Gasteiger partial charge in [-0.05, 0) is 50.0 Å². The Morgan fingerprint density at radius 1 is 1.43 bits per heavy atom. The number of nitriles is 1. The van der Waals surface area contributed by atoms with Crippen molar-refractivity contribution in [1.82, 2.24) is 15.6 Å². The number of hydrogen-bond acceptors (Lipinski definition) is 8. The number of rotatable bonds is 11. The average molecular weight is 506 g/mol. The molecule has 1 aliphatic rings. The van der Waals surface area contributed by atoms with Crippen molar-refractivity contribution in [2.45, 2.75) is 33.1 Å². The van der Waals surface area contributed by atoms with E-state index in [1.165, 1.54) is 11.1 Å². The molecule has 4 N–H and O–H groups in total. The highest BCUT2D eigenvalue weighted by Gasteiger charge is 2.26. The average Bonchev–Trinajstić information content (AvgIpc) is 2.90. The van der Waals surface area contributed by atoms with Crippen LogP contribution in [0.3, 0.4) is 0 Å². The Morgan fingerprint density at radius 3 is 2.84 bits per heavy atom. The molecule has 10 nitrogen and oxygen atoms in total. The second-order valence-electron chi connectivity index (χ2n) is 8.21. The molecule has 0 radical (unpaired) electrons. The molecular weight excluding hydrogens is 470 g/mol. The van der Waals surface area contributed by atoms with Crippen LogP contribution in [0, 0.1) is 11.3 Å². The smallest absolute Gasteiger partial charge is 0.327 e. The first kappa shape index (κ1) is 29.0. The van der Waals surface area contributed by atoms with Crippen LogP contribution in [0.4, 0.5) is 10.6 Å². The van der Waals surface area contributed by atoms with Crippen LogP contribution >= 0.6 is 0 Å². The van der Waals surface area contributed by atoms with Crippen molar-refractivity contribution in [3.8, 4) is 6.07 Å². The Morgan fingerprint density at radius 2 is 2.22 bits per heavy atom. The highest BCUT2D eigenvalue weighted by atomic mass is 16.5. The first-order valence-corrected chi connectivity index (χ1v) is 12.1. The maximum absolute atomic E-state index is 13.3. The molecule has 196 valence electrons. The summed E-state index contributed by atoms with van der Waals surface area (Å²) in [4.78, 5) is 35.1. The second-order valence-corrected chi connectivity index (χ2v) is 8.21. The van der Waals surface area contributed by atoms with E-state index in [2.05, 4.69) is 26.7 Å². The van der Waals surface area contributed by atoms with Crippen LogP contribution in [0.5, 0.6) is 0 Å². The quantitative estimate of drug-likeness (QED) is 0.138. The van der Waals surface area contributed by atoms with E-state index in [-0.39, 0.29) is 11.7 Å². The Balaban J connectivity index is 2.38. The number of amides is 2. The lowest BCUT2D eigenvalue weighted by Gasteiger charge is -2.29. The number of nitrogens with one attached hydrogen (secondary N) is 2. The lowest BCUT2D eigenvalue weighted by atomic mass is 9.98. The summed E-state index contributed by atoms with van der Waals surface area (Å²) in [5, 5.41) is 15.7. The Labute approximate surface area is 218 Å². The molecule has 1 aromatic heterocycles. The molecule has 0 unspecified atom stereocenters. The molecule has 2 rings (SSSR count). The van der Waals surface area contributed by atoms with Crippen molar-refractivity contribution < 1.29 is 14.3 Å². The second kappa shape index (κ2) is 15.0. The summed E-state index contributed by atoms with van der Waals surface area (Å²) in [5.74, 6) is 0.435. The number of aromatic nitrogens is 1. The van der Waals surface area contributed by atoms with Gasteiger partial charge in [0.15, 0.2) is 6.29 Å². The van der Waals surface area contributed by atoms with E-state index < -0.39 is 0 Å². The summed E-state index contributed by atoms with van der Waals surface area (Å²) < 4.78 is 5.10. The number of urea groups is 1. The molecule has 10 heteroatoms. The number of nitrogens with two attached hydrogens (primary N) is 1. The highest BCUT2D eigenvalue weighted by Crippen LogP contribution is 2.29. The number of fused-ring (bicyclic) bond motifs is 1. The topological polar surface area (TPSA) is 146 Å². The van der Waals surface area contributed by atoms with Crippen molar-refractivity contribution in [3.63, 3.8) is 0 Å². The maximum atomic E-state index is 13.3. The first-order valence-electron chi connectivity index (χ1n) is 12.1. The number of ether oxygens (including phenoxy) is 1. The maximum Gasteiger partial charge on any atom is 0.327 e. The number of anilines is 1. The minimum atomic E-state index is -0.379. The minimum absolute atomic E-state index is 0.177. The summed E-state index contributed by atoms with van der Waals surface area (Å²) >= 11 is 0. The Hall–Kier alpha value is -4.23. The fourth-order valence-electron chi connectivity index (χ4n) is 3.79. The van der Waals surface area contributed by atoms with Crippen LogP contribution in [-0.2, 0) is 11.2 Å². The van der Waals surface area contributed by atoms with E-state index in [4.69, 9.17) is 10.5 Å².